The summed E-state index contributed by atoms with van der Waals surface area (Å²) in [6.07, 6.45) is 0. The Bertz CT molecular complexity index is 1030. The van der Waals surface area contributed by atoms with Gasteiger partial charge in [-0.3, -0.25) is 14.9 Å². The maximum absolute atomic E-state index is 12.2. The maximum atomic E-state index is 12.2. The second-order valence-electron chi connectivity index (χ2n) is 4.41. The third-order valence-corrected chi connectivity index (χ3v) is 3.27. The van der Waals surface area contributed by atoms with Gasteiger partial charge in [-0.1, -0.05) is 12.1 Å². The lowest BCUT2D eigenvalue weighted by Crippen LogP contribution is -2.21. The minimum Gasteiger partial charge on any atom is -0.867 e. The Morgan fingerprint density at radius 2 is 1.90 bits per heavy atom. The molecule has 0 aliphatic heterocycles. The number of nitro groups is 1. The zero-order chi connectivity index (χ0) is 15.3. The molecule has 0 aliphatic rings. The van der Waals surface area contributed by atoms with Crippen LogP contribution in [0, 0.1) is 10.1 Å². The van der Waals surface area contributed by atoms with Crippen LogP contribution in [-0.2, 0) is 7.05 Å². The van der Waals surface area contributed by atoms with Crippen molar-refractivity contribution in [2.45, 2.75) is 0 Å². The number of nitrogens with zero attached hydrogens (tertiary/aromatic N) is 2. The minimum absolute atomic E-state index is 0.227. The number of aryl methyl sites for hydroxylation is 1. The Kier molecular flexibility index (Phi) is 2.55. The third-order valence-electron chi connectivity index (χ3n) is 3.27. The highest BCUT2D eigenvalue weighted by atomic mass is 16.6. The smallest absolute Gasteiger partial charge is 0.414 e. The first-order valence-electron chi connectivity index (χ1n) is 5.83. The number of hydrogen-bond donors (Lipinski definition) is 0. The molecule has 3 rings (SSSR count). The van der Waals surface area contributed by atoms with Crippen LogP contribution in [0.25, 0.3) is 21.9 Å². The molecule has 2 heterocycles. The first-order valence-corrected chi connectivity index (χ1v) is 5.83. The largest absolute Gasteiger partial charge is 0.867 e. The summed E-state index contributed by atoms with van der Waals surface area (Å²) in [4.78, 5) is 33.5. The molecular formula is C13H7N2O6-. The fraction of sp³-hybridized carbons (Fsp3) is 0.0769. The molecule has 21 heavy (non-hydrogen) atoms. The van der Waals surface area contributed by atoms with Gasteiger partial charge in [-0.2, -0.15) is 0 Å². The molecule has 0 bridgehead atoms. The van der Waals surface area contributed by atoms with E-state index in [2.05, 4.69) is 0 Å². The molecule has 0 N–H and O–H groups in total. The van der Waals surface area contributed by atoms with Crippen LogP contribution in [0.5, 0.6) is 5.75 Å². The van der Waals surface area contributed by atoms with Crippen LogP contribution in [-0.4, -0.2) is 9.49 Å². The van der Waals surface area contributed by atoms with E-state index in [-0.39, 0.29) is 5.58 Å². The van der Waals surface area contributed by atoms with E-state index in [0.717, 1.165) is 0 Å². The van der Waals surface area contributed by atoms with Crippen LogP contribution in [0.4, 0.5) is 5.69 Å². The van der Waals surface area contributed by atoms with E-state index in [1.54, 1.807) is 24.3 Å². The monoisotopic (exact) mass is 287 g/mol. The van der Waals surface area contributed by atoms with Crippen LogP contribution in [0.1, 0.15) is 0 Å². The standard InChI is InChI=1S/C13H8N2O6/c1-14-7-5-3-2-4-6(7)11-8(12(14)17)10(16)9(15(19)20)13(18)21-11/h2-5,16H,1H3/p-1. The van der Waals surface area contributed by atoms with Crippen molar-refractivity contribution in [3.8, 4) is 5.75 Å². The summed E-state index contributed by atoms with van der Waals surface area (Å²) in [5.41, 5.74) is -3.15. The topological polar surface area (TPSA) is 118 Å². The van der Waals surface area contributed by atoms with Crippen molar-refractivity contribution in [1.82, 2.24) is 4.57 Å². The van der Waals surface area contributed by atoms with Crippen molar-refractivity contribution < 1.29 is 14.4 Å². The lowest BCUT2D eigenvalue weighted by atomic mass is 10.1. The van der Waals surface area contributed by atoms with Gasteiger partial charge in [0.25, 0.3) is 5.56 Å². The third kappa shape index (κ3) is 1.62. The molecule has 0 aliphatic carbocycles. The summed E-state index contributed by atoms with van der Waals surface area (Å²) in [6.45, 7) is 0. The van der Waals surface area contributed by atoms with E-state index < -0.39 is 32.9 Å². The number of benzene rings is 1. The summed E-state index contributed by atoms with van der Waals surface area (Å²) < 4.78 is 6.06. The van der Waals surface area contributed by atoms with Gasteiger partial charge >= 0.3 is 11.3 Å². The van der Waals surface area contributed by atoms with Crippen molar-refractivity contribution in [2.75, 3.05) is 0 Å². The van der Waals surface area contributed by atoms with Gasteiger partial charge in [0, 0.05) is 12.4 Å². The number of fused-ring (bicyclic) bond motifs is 3. The van der Waals surface area contributed by atoms with Gasteiger partial charge in [0.05, 0.1) is 15.8 Å². The predicted molar refractivity (Wildman–Crippen MR) is 71.3 cm³/mol. The molecule has 8 heteroatoms. The quantitative estimate of drug-likeness (QED) is 0.368. The number of aromatic nitrogens is 1. The van der Waals surface area contributed by atoms with Crippen molar-refractivity contribution in [3.63, 3.8) is 0 Å². The molecule has 0 radical (unpaired) electrons. The Hall–Kier alpha value is -3.16. The molecule has 1 aromatic carbocycles. The minimum atomic E-state index is -1.36. The molecule has 0 saturated heterocycles. The van der Waals surface area contributed by atoms with Crippen LogP contribution in [0.3, 0.4) is 0 Å². The lowest BCUT2D eigenvalue weighted by molar-refractivity contribution is -0.400. The summed E-state index contributed by atoms with van der Waals surface area (Å²) in [7, 11) is 1.43. The van der Waals surface area contributed by atoms with Crippen LogP contribution in [0.2, 0.25) is 0 Å². The highest BCUT2D eigenvalue weighted by Gasteiger charge is 2.22. The van der Waals surface area contributed by atoms with Gasteiger partial charge in [-0.25, -0.2) is 4.79 Å². The number of hydrogen-bond acceptors (Lipinski definition) is 6. The highest BCUT2D eigenvalue weighted by molar-refractivity contribution is 6.04. The SMILES string of the molecule is Cn1c(=O)c2c([O-])c([N+](=O)[O-])c(=O)oc2c2ccccc21. The number of para-hydroxylation sites is 1. The molecule has 2 aromatic heterocycles. The van der Waals surface area contributed by atoms with Gasteiger partial charge < -0.3 is 14.1 Å². The van der Waals surface area contributed by atoms with E-state index in [1.807, 2.05) is 0 Å². The Morgan fingerprint density at radius 1 is 1.24 bits per heavy atom. The van der Waals surface area contributed by atoms with Crippen molar-refractivity contribution in [3.05, 3.63) is 55.2 Å². The summed E-state index contributed by atoms with van der Waals surface area (Å²) in [5.74, 6) is -1.22. The molecule has 3 aromatic rings. The fourth-order valence-corrected chi connectivity index (χ4v) is 2.28. The molecular weight excluding hydrogens is 280 g/mol. The first-order chi connectivity index (χ1) is 9.93. The normalized spacial score (nSPS) is 11.1. The first kappa shape index (κ1) is 12.9. The molecule has 0 atom stereocenters. The zero-order valence-electron chi connectivity index (χ0n) is 10.7. The van der Waals surface area contributed by atoms with E-state index in [9.17, 15) is 24.8 Å². The van der Waals surface area contributed by atoms with Crippen LogP contribution >= 0.6 is 0 Å². The van der Waals surface area contributed by atoms with E-state index in [0.29, 0.717) is 10.9 Å². The molecule has 106 valence electrons. The van der Waals surface area contributed by atoms with Gasteiger partial charge in [-0.05, 0) is 17.9 Å². The molecule has 0 saturated carbocycles. The average molecular weight is 287 g/mol. The summed E-state index contributed by atoms with van der Waals surface area (Å²) in [5, 5.41) is 22.7. The van der Waals surface area contributed by atoms with Crippen molar-refractivity contribution in [2.24, 2.45) is 7.05 Å². The predicted octanol–water partition coefficient (Wildman–Crippen LogP) is 0.627. The molecule has 0 spiro atoms. The summed E-state index contributed by atoms with van der Waals surface area (Å²) in [6, 6.07) is 6.49. The van der Waals surface area contributed by atoms with Crippen molar-refractivity contribution in [1.29, 1.82) is 0 Å². The second kappa shape index (κ2) is 4.17. The van der Waals surface area contributed by atoms with Gasteiger partial charge in [0.1, 0.15) is 0 Å². The highest BCUT2D eigenvalue weighted by Crippen LogP contribution is 2.30. The lowest BCUT2D eigenvalue weighted by Gasteiger charge is -2.12. The average Bonchev–Trinajstić information content (AvgIpc) is 2.44. The second-order valence-corrected chi connectivity index (χ2v) is 4.41. The Labute approximate surface area is 115 Å². The molecule has 0 unspecified atom stereocenters. The van der Waals surface area contributed by atoms with Gasteiger partial charge in [0.2, 0.25) is 0 Å². The zero-order valence-corrected chi connectivity index (χ0v) is 10.7. The molecule has 0 fully saturated rings. The maximum Gasteiger partial charge on any atom is 0.414 e. The van der Waals surface area contributed by atoms with Crippen LogP contribution < -0.4 is 16.3 Å². The van der Waals surface area contributed by atoms with E-state index >= 15 is 0 Å². The van der Waals surface area contributed by atoms with E-state index in [1.165, 1.54) is 11.6 Å². The Morgan fingerprint density at radius 3 is 2.57 bits per heavy atom. The molecule has 0 amide bonds. The number of rotatable bonds is 1. The van der Waals surface area contributed by atoms with Gasteiger partial charge in [-0.15, -0.1) is 0 Å². The van der Waals surface area contributed by atoms with E-state index in [4.69, 9.17) is 4.42 Å². The van der Waals surface area contributed by atoms with Crippen molar-refractivity contribution >= 4 is 27.6 Å². The summed E-state index contributed by atoms with van der Waals surface area (Å²) >= 11 is 0. The van der Waals surface area contributed by atoms with Crippen LogP contribution in [0.15, 0.2) is 38.3 Å². The Balaban J connectivity index is 2.73. The van der Waals surface area contributed by atoms with Gasteiger partial charge in [0.15, 0.2) is 5.58 Å². The fourth-order valence-electron chi connectivity index (χ4n) is 2.28. The molecule has 8 nitrogen and oxygen atoms in total. The number of pyridine rings is 1.